The van der Waals surface area contributed by atoms with E-state index in [0.717, 1.165) is 25.2 Å². The standard InChI is InChI=1S/C21H27ClN6O3/c1-25-12-18-20(30)28(14-27(18)13-25)17-7-10-26(11-8-17)19(29)6-9-23-21(31)24-16-4-2-15(22)3-5-16/h2-5,12,17H,6-11,13-14H2,1H3,(H2,23,24,31). The number of hydrogen-bond donors (Lipinski definition) is 2. The number of piperidine rings is 1. The van der Waals surface area contributed by atoms with Crippen molar-refractivity contribution in [3.63, 3.8) is 0 Å². The number of carbonyl (C=O) groups excluding carboxylic acids is 3. The van der Waals surface area contributed by atoms with Crippen LogP contribution in [0, 0.1) is 0 Å². The van der Waals surface area contributed by atoms with Crippen LogP contribution >= 0.6 is 11.6 Å². The van der Waals surface area contributed by atoms with E-state index in [9.17, 15) is 14.4 Å². The van der Waals surface area contributed by atoms with Gasteiger partial charge in [-0.05, 0) is 37.1 Å². The van der Waals surface area contributed by atoms with Crippen LogP contribution < -0.4 is 10.6 Å². The predicted octanol–water partition coefficient (Wildman–Crippen LogP) is 1.69. The van der Waals surface area contributed by atoms with E-state index in [2.05, 4.69) is 15.5 Å². The molecule has 1 aromatic carbocycles. The third-order valence-corrected chi connectivity index (χ3v) is 6.12. The predicted molar refractivity (Wildman–Crippen MR) is 117 cm³/mol. The first-order valence-corrected chi connectivity index (χ1v) is 10.8. The van der Waals surface area contributed by atoms with Gasteiger partial charge in [0.2, 0.25) is 5.91 Å². The summed E-state index contributed by atoms with van der Waals surface area (Å²) in [6.07, 6.45) is 3.70. The van der Waals surface area contributed by atoms with Crippen LogP contribution in [0.1, 0.15) is 19.3 Å². The average molecular weight is 447 g/mol. The lowest BCUT2D eigenvalue weighted by Crippen LogP contribution is -2.48. The normalized spacial score (nSPS) is 18.9. The monoisotopic (exact) mass is 446 g/mol. The Morgan fingerprint density at radius 2 is 1.84 bits per heavy atom. The summed E-state index contributed by atoms with van der Waals surface area (Å²) in [4.78, 5) is 45.0. The van der Waals surface area contributed by atoms with Gasteiger partial charge in [0.1, 0.15) is 5.70 Å². The van der Waals surface area contributed by atoms with Gasteiger partial charge in [-0.1, -0.05) is 11.6 Å². The fraction of sp³-hybridized carbons (Fsp3) is 0.476. The van der Waals surface area contributed by atoms with Crippen LogP contribution in [-0.4, -0.2) is 83.5 Å². The minimum absolute atomic E-state index is 0.0166. The minimum Gasteiger partial charge on any atom is -0.361 e. The molecule has 0 aromatic heterocycles. The van der Waals surface area contributed by atoms with Crippen molar-refractivity contribution < 1.29 is 14.4 Å². The molecule has 3 aliphatic heterocycles. The molecule has 4 amide bonds. The Balaban J connectivity index is 1.17. The molecule has 0 bridgehead atoms. The number of nitrogens with one attached hydrogen (secondary N) is 2. The minimum atomic E-state index is -0.359. The first-order valence-electron chi connectivity index (χ1n) is 10.5. The fourth-order valence-electron chi connectivity index (χ4n) is 4.24. The van der Waals surface area contributed by atoms with Gasteiger partial charge in [0.05, 0.1) is 13.3 Å². The van der Waals surface area contributed by atoms with Crippen molar-refractivity contribution >= 4 is 35.1 Å². The molecule has 3 heterocycles. The molecule has 2 saturated heterocycles. The molecule has 0 aliphatic carbocycles. The van der Waals surface area contributed by atoms with Crippen molar-refractivity contribution in [1.29, 1.82) is 0 Å². The van der Waals surface area contributed by atoms with Crippen LogP contribution in [0.25, 0.3) is 0 Å². The number of carbonyl (C=O) groups is 3. The smallest absolute Gasteiger partial charge is 0.319 e. The summed E-state index contributed by atoms with van der Waals surface area (Å²) in [7, 11) is 1.96. The topological polar surface area (TPSA) is 88.2 Å². The number of benzene rings is 1. The first kappa shape index (κ1) is 21.3. The lowest BCUT2D eigenvalue weighted by molar-refractivity contribution is -0.133. The number of hydrogen-bond acceptors (Lipinski definition) is 5. The lowest BCUT2D eigenvalue weighted by Gasteiger charge is -2.36. The number of rotatable bonds is 5. The largest absolute Gasteiger partial charge is 0.361 e. The van der Waals surface area contributed by atoms with Gasteiger partial charge >= 0.3 is 6.03 Å². The zero-order valence-corrected chi connectivity index (χ0v) is 18.3. The van der Waals surface area contributed by atoms with E-state index >= 15 is 0 Å². The molecule has 2 N–H and O–H groups in total. The molecule has 166 valence electrons. The Morgan fingerprint density at radius 1 is 1.13 bits per heavy atom. The van der Waals surface area contributed by atoms with Gasteiger partial charge in [0.25, 0.3) is 5.91 Å². The van der Waals surface area contributed by atoms with Gasteiger partial charge in [0.15, 0.2) is 0 Å². The lowest BCUT2D eigenvalue weighted by atomic mass is 10.0. The van der Waals surface area contributed by atoms with Crippen molar-refractivity contribution in [2.24, 2.45) is 0 Å². The molecule has 31 heavy (non-hydrogen) atoms. The van der Waals surface area contributed by atoms with Crippen molar-refractivity contribution in [3.05, 3.63) is 41.2 Å². The second-order valence-electron chi connectivity index (χ2n) is 8.12. The van der Waals surface area contributed by atoms with E-state index in [1.807, 2.05) is 27.9 Å². The van der Waals surface area contributed by atoms with Crippen LogP contribution in [-0.2, 0) is 9.59 Å². The first-order chi connectivity index (χ1) is 14.9. The molecule has 0 atom stereocenters. The van der Waals surface area contributed by atoms with E-state index in [0.29, 0.717) is 30.5 Å². The molecule has 4 rings (SSSR count). The van der Waals surface area contributed by atoms with E-state index in [-0.39, 0.29) is 36.9 Å². The van der Waals surface area contributed by atoms with Crippen molar-refractivity contribution in [1.82, 2.24) is 24.9 Å². The zero-order valence-electron chi connectivity index (χ0n) is 17.5. The molecule has 0 spiro atoms. The van der Waals surface area contributed by atoms with Crippen LogP contribution in [0.3, 0.4) is 0 Å². The third kappa shape index (κ3) is 4.87. The molecule has 0 unspecified atom stereocenters. The van der Waals surface area contributed by atoms with E-state index in [1.54, 1.807) is 24.3 Å². The van der Waals surface area contributed by atoms with Gasteiger partial charge in [0, 0.05) is 56.1 Å². The van der Waals surface area contributed by atoms with Gasteiger partial charge in [-0.25, -0.2) is 4.79 Å². The summed E-state index contributed by atoms with van der Waals surface area (Å²) in [5.41, 5.74) is 1.40. The van der Waals surface area contributed by atoms with Crippen molar-refractivity contribution in [2.75, 3.05) is 45.3 Å². The summed E-state index contributed by atoms with van der Waals surface area (Å²) in [5, 5.41) is 6.00. The molecule has 3 aliphatic rings. The molecule has 0 radical (unpaired) electrons. The highest BCUT2D eigenvalue weighted by atomic mass is 35.5. The van der Waals surface area contributed by atoms with Crippen molar-refractivity contribution in [3.8, 4) is 0 Å². The van der Waals surface area contributed by atoms with E-state index in [4.69, 9.17) is 11.6 Å². The number of amides is 4. The molecule has 1 aromatic rings. The van der Waals surface area contributed by atoms with Gasteiger partial charge in [-0.15, -0.1) is 0 Å². The summed E-state index contributed by atoms with van der Waals surface area (Å²) >= 11 is 5.82. The third-order valence-electron chi connectivity index (χ3n) is 5.86. The quantitative estimate of drug-likeness (QED) is 0.718. The number of urea groups is 1. The maximum atomic E-state index is 12.7. The van der Waals surface area contributed by atoms with Gasteiger partial charge in [-0.3, -0.25) is 9.59 Å². The molecular weight excluding hydrogens is 420 g/mol. The highest BCUT2D eigenvalue weighted by molar-refractivity contribution is 6.30. The van der Waals surface area contributed by atoms with E-state index in [1.165, 1.54) is 0 Å². The summed E-state index contributed by atoms with van der Waals surface area (Å²) < 4.78 is 0. The number of nitrogens with zero attached hydrogens (tertiary/aromatic N) is 4. The Bertz CT molecular complexity index is 882. The number of likely N-dealkylation sites (tertiary alicyclic amines) is 1. The Kier molecular flexibility index (Phi) is 6.22. The van der Waals surface area contributed by atoms with Crippen LogP contribution in [0.4, 0.5) is 10.5 Å². The SMILES string of the molecule is CN1C=C2C(=O)N(C3CCN(C(=O)CCNC(=O)Nc4ccc(Cl)cc4)CC3)CN2C1. The second-order valence-corrected chi connectivity index (χ2v) is 8.56. The molecule has 10 heteroatoms. The highest BCUT2D eigenvalue weighted by Gasteiger charge is 2.40. The average Bonchev–Trinajstić information content (AvgIpc) is 3.26. The molecule has 9 nitrogen and oxygen atoms in total. The van der Waals surface area contributed by atoms with Crippen LogP contribution in [0.2, 0.25) is 5.02 Å². The van der Waals surface area contributed by atoms with Crippen molar-refractivity contribution in [2.45, 2.75) is 25.3 Å². The summed E-state index contributed by atoms with van der Waals surface area (Å²) in [6.45, 7) is 2.89. The maximum absolute atomic E-state index is 12.7. The maximum Gasteiger partial charge on any atom is 0.319 e. The fourth-order valence-corrected chi connectivity index (χ4v) is 4.37. The summed E-state index contributed by atoms with van der Waals surface area (Å²) in [5.74, 6) is 0.105. The second kappa shape index (κ2) is 9.05. The van der Waals surface area contributed by atoms with Crippen LogP contribution in [0.15, 0.2) is 36.2 Å². The van der Waals surface area contributed by atoms with E-state index < -0.39 is 0 Å². The van der Waals surface area contributed by atoms with Gasteiger partial charge in [-0.2, -0.15) is 0 Å². The summed E-state index contributed by atoms with van der Waals surface area (Å²) in [6, 6.07) is 6.61. The Labute approximate surface area is 186 Å². The van der Waals surface area contributed by atoms with Crippen LogP contribution in [0.5, 0.6) is 0 Å². The Morgan fingerprint density at radius 3 is 2.52 bits per heavy atom. The number of halogens is 1. The number of fused-ring (bicyclic) bond motifs is 1. The highest BCUT2D eigenvalue weighted by Crippen LogP contribution is 2.29. The molecular formula is C21H27ClN6O3. The Hall–Kier alpha value is -2.94. The zero-order chi connectivity index (χ0) is 22.0. The van der Waals surface area contributed by atoms with Gasteiger partial charge < -0.3 is 30.2 Å². The number of anilines is 1. The molecule has 2 fully saturated rings. The molecule has 0 saturated carbocycles.